The van der Waals surface area contributed by atoms with Crippen molar-refractivity contribution in [3.8, 4) is 5.75 Å². The number of rotatable bonds is 0. The van der Waals surface area contributed by atoms with Crippen molar-refractivity contribution in [1.82, 2.24) is 0 Å². The monoisotopic (exact) mass is 201 g/mol. The third-order valence-electron chi connectivity index (χ3n) is 2.11. The maximum absolute atomic E-state index is 10.3. The molecule has 1 aromatic carbocycles. The average molecular weight is 202 g/mol. The highest BCUT2D eigenvalue weighted by atomic mass is 35.5. The standard InChI is InChI=1S/C10H11ClO2/c1-10(12)5-6-13-8-4-2-3-7(11)9(8)10/h2-4,12H,5-6H2,1H3/i1D3. The summed E-state index contributed by atoms with van der Waals surface area (Å²) >= 11 is 5.94. The largest absolute Gasteiger partial charge is 0.493 e. The van der Waals surface area contributed by atoms with Crippen LogP contribution in [0.4, 0.5) is 0 Å². The molecular formula is C10H11ClO2. The van der Waals surface area contributed by atoms with Gasteiger partial charge in [-0.3, -0.25) is 0 Å². The molecule has 13 heavy (non-hydrogen) atoms. The second-order valence-corrected chi connectivity index (χ2v) is 3.48. The van der Waals surface area contributed by atoms with E-state index in [0.717, 1.165) is 0 Å². The first-order valence-corrected chi connectivity index (χ1v) is 4.38. The molecule has 0 radical (unpaired) electrons. The zero-order chi connectivity index (χ0) is 12.0. The van der Waals surface area contributed by atoms with E-state index in [2.05, 4.69) is 0 Å². The van der Waals surface area contributed by atoms with E-state index in [-0.39, 0.29) is 23.6 Å². The summed E-state index contributed by atoms with van der Waals surface area (Å²) < 4.78 is 27.6. The Balaban J connectivity index is 2.64. The summed E-state index contributed by atoms with van der Waals surface area (Å²) in [7, 11) is 0. The summed E-state index contributed by atoms with van der Waals surface area (Å²) in [6.07, 6.45) is 0.0141. The lowest BCUT2D eigenvalue weighted by Crippen LogP contribution is -2.29. The van der Waals surface area contributed by atoms with Crippen molar-refractivity contribution in [3.05, 3.63) is 28.8 Å². The minimum atomic E-state index is -2.52. The molecule has 2 nitrogen and oxygen atoms in total. The molecule has 1 atom stereocenters. The number of ether oxygens (including phenoxy) is 1. The van der Waals surface area contributed by atoms with E-state index in [1.54, 1.807) is 18.2 Å². The summed E-state index contributed by atoms with van der Waals surface area (Å²) in [6, 6.07) is 4.81. The van der Waals surface area contributed by atoms with E-state index in [1.807, 2.05) is 0 Å². The van der Waals surface area contributed by atoms with Gasteiger partial charge in [-0.2, -0.15) is 0 Å². The highest BCUT2D eigenvalue weighted by molar-refractivity contribution is 6.31. The van der Waals surface area contributed by atoms with E-state index in [1.165, 1.54) is 0 Å². The Hall–Kier alpha value is -0.730. The van der Waals surface area contributed by atoms with Crippen molar-refractivity contribution >= 4 is 11.6 Å². The van der Waals surface area contributed by atoms with Crippen molar-refractivity contribution in [2.24, 2.45) is 0 Å². The van der Waals surface area contributed by atoms with Gasteiger partial charge in [-0.1, -0.05) is 17.7 Å². The Kier molecular flexibility index (Phi) is 1.31. The van der Waals surface area contributed by atoms with Gasteiger partial charge in [-0.25, -0.2) is 0 Å². The van der Waals surface area contributed by atoms with Gasteiger partial charge in [-0.15, -0.1) is 0 Å². The second kappa shape index (κ2) is 2.89. The van der Waals surface area contributed by atoms with Gasteiger partial charge < -0.3 is 9.84 Å². The van der Waals surface area contributed by atoms with Gasteiger partial charge in [0, 0.05) is 16.1 Å². The first-order valence-electron chi connectivity index (χ1n) is 5.50. The van der Waals surface area contributed by atoms with Crippen LogP contribution in [0.1, 0.15) is 22.9 Å². The molecule has 0 saturated heterocycles. The van der Waals surface area contributed by atoms with E-state index in [0.29, 0.717) is 5.75 Å². The van der Waals surface area contributed by atoms with Crippen molar-refractivity contribution in [3.63, 3.8) is 0 Å². The van der Waals surface area contributed by atoms with Crippen LogP contribution in [-0.2, 0) is 5.60 Å². The molecule has 1 N–H and O–H groups in total. The quantitative estimate of drug-likeness (QED) is 0.698. The van der Waals surface area contributed by atoms with Gasteiger partial charge >= 0.3 is 0 Å². The van der Waals surface area contributed by atoms with Crippen molar-refractivity contribution in [2.75, 3.05) is 6.61 Å². The summed E-state index contributed by atoms with van der Waals surface area (Å²) in [6.45, 7) is -2.35. The summed E-state index contributed by atoms with van der Waals surface area (Å²) in [4.78, 5) is 0. The molecule has 1 heterocycles. The van der Waals surface area contributed by atoms with Crippen LogP contribution in [0.2, 0.25) is 5.02 Å². The highest BCUT2D eigenvalue weighted by Crippen LogP contribution is 2.40. The molecule has 1 aromatic rings. The van der Waals surface area contributed by atoms with Crippen molar-refractivity contribution in [1.29, 1.82) is 0 Å². The van der Waals surface area contributed by atoms with E-state index >= 15 is 0 Å². The van der Waals surface area contributed by atoms with E-state index in [9.17, 15) is 5.11 Å². The molecule has 0 spiro atoms. The fourth-order valence-corrected chi connectivity index (χ4v) is 1.78. The minimum Gasteiger partial charge on any atom is -0.493 e. The van der Waals surface area contributed by atoms with Gasteiger partial charge in [0.15, 0.2) is 0 Å². The maximum atomic E-state index is 10.3. The zero-order valence-corrected chi connectivity index (χ0v) is 7.64. The van der Waals surface area contributed by atoms with Crippen LogP contribution in [0.5, 0.6) is 5.75 Å². The molecule has 0 aliphatic carbocycles. The molecule has 0 saturated carbocycles. The smallest absolute Gasteiger partial charge is 0.126 e. The summed E-state index contributed by atoms with van der Waals surface area (Å²) in [5.74, 6) is 0.345. The Morgan fingerprint density at radius 2 is 2.54 bits per heavy atom. The van der Waals surface area contributed by atoms with Crippen LogP contribution in [0.3, 0.4) is 0 Å². The van der Waals surface area contributed by atoms with Crippen LogP contribution in [0.25, 0.3) is 0 Å². The molecule has 0 bridgehead atoms. The Morgan fingerprint density at radius 1 is 1.69 bits per heavy atom. The van der Waals surface area contributed by atoms with Crippen LogP contribution in [-0.4, -0.2) is 11.7 Å². The molecule has 2 rings (SSSR count). The molecular weight excluding hydrogens is 188 g/mol. The van der Waals surface area contributed by atoms with Gasteiger partial charge in [0.25, 0.3) is 0 Å². The molecule has 1 aliphatic heterocycles. The number of benzene rings is 1. The average Bonchev–Trinajstić information content (AvgIpc) is 2.16. The minimum absolute atomic E-state index is 0.0141. The number of hydrogen-bond donors (Lipinski definition) is 1. The Bertz CT molecular complexity index is 419. The number of aliphatic hydroxyl groups is 1. The van der Waals surface area contributed by atoms with Crippen molar-refractivity contribution in [2.45, 2.75) is 18.9 Å². The number of halogens is 1. The fraction of sp³-hybridized carbons (Fsp3) is 0.400. The third-order valence-corrected chi connectivity index (χ3v) is 2.43. The van der Waals surface area contributed by atoms with E-state index < -0.39 is 12.5 Å². The number of hydrogen-bond acceptors (Lipinski definition) is 2. The molecule has 0 fully saturated rings. The maximum Gasteiger partial charge on any atom is 0.126 e. The SMILES string of the molecule is [2H]C([2H])([2H])C1(O)CCOc2cccc(Cl)c21. The summed E-state index contributed by atoms with van der Waals surface area (Å²) in [5.41, 5.74) is -1.75. The third kappa shape index (κ3) is 1.40. The van der Waals surface area contributed by atoms with Gasteiger partial charge in [-0.05, 0) is 19.0 Å². The fourth-order valence-electron chi connectivity index (χ4n) is 1.46. The Labute approximate surface area is 86.3 Å². The van der Waals surface area contributed by atoms with Gasteiger partial charge in [0.1, 0.15) is 5.75 Å². The van der Waals surface area contributed by atoms with Crippen LogP contribution >= 0.6 is 11.6 Å². The van der Waals surface area contributed by atoms with Crippen LogP contribution in [0, 0.1) is 0 Å². The van der Waals surface area contributed by atoms with Gasteiger partial charge in [0.2, 0.25) is 0 Å². The molecule has 0 aromatic heterocycles. The lowest BCUT2D eigenvalue weighted by Gasteiger charge is -2.31. The number of fused-ring (bicyclic) bond motifs is 1. The zero-order valence-electron chi connectivity index (χ0n) is 9.88. The predicted octanol–water partition coefficient (Wildman–Crippen LogP) is 2.33. The highest BCUT2D eigenvalue weighted by Gasteiger charge is 2.32. The Morgan fingerprint density at radius 3 is 3.31 bits per heavy atom. The second-order valence-electron chi connectivity index (χ2n) is 3.07. The molecule has 3 heteroatoms. The predicted molar refractivity (Wildman–Crippen MR) is 51.1 cm³/mol. The van der Waals surface area contributed by atoms with E-state index in [4.69, 9.17) is 20.5 Å². The van der Waals surface area contributed by atoms with Gasteiger partial charge in [0.05, 0.1) is 17.2 Å². The van der Waals surface area contributed by atoms with Crippen molar-refractivity contribution < 1.29 is 14.0 Å². The molecule has 0 amide bonds. The summed E-state index contributed by atoms with van der Waals surface area (Å²) in [5, 5.41) is 10.5. The lowest BCUT2D eigenvalue weighted by molar-refractivity contribution is 0.0148. The lowest BCUT2D eigenvalue weighted by atomic mass is 9.90. The molecule has 70 valence electrons. The molecule has 1 aliphatic rings. The molecule has 1 unspecified atom stereocenters. The van der Waals surface area contributed by atoms with Crippen LogP contribution in [0.15, 0.2) is 18.2 Å². The topological polar surface area (TPSA) is 29.5 Å². The first kappa shape index (κ1) is 5.89. The first-order chi connectivity index (χ1) is 7.36. The normalized spacial score (nSPS) is 30.8. The van der Waals surface area contributed by atoms with Crippen LogP contribution < -0.4 is 4.74 Å².